The van der Waals surface area contributed by atoms with Crippen LogP contribution in [0.1, 0.15) is 68.2 Å². The van der Waals surface area contributed by atoms with Gasteiger partial charge in [-0.1, -0.05) is 119 Å². The number of allylic oxidation sites excluding steroid dienone is 20. The SMILES string of the molecule is CC(C)=CC=CC(C)=CC=CC(C)=CC=CC=C(C)C=CC=C(C)CCC=C(C)C. The van der Waals surface area contributed by atoms with E-state index in [2.05, 4.69) is 140 Å². The molecule has 0 saturated heterocycles. The molecule has 0 rings (SSSR count). The van der Waals surface area contributed by atoms with E-state index in [0.717, 1.165) is 12.8 Å². The van der Waals surface area contributed by atoms with Gasteiger partial charge >= 0.3 is 0 Å². The van der Waals surface area contributed by atoms with Crippen molar-refractivity contribution in [1.29, 1.82) is 0 Å². The predicted molar refractivity (Wildman–Crippen MR) is 140 cm³/mol. The molecule has 0 nitrogen and oxygen atoms in total. The quantitative estimate of drug-likeness (QED) is 0.238. The Morgan fingerprint density at radius 3 is 1.37 bits per heavy atom. The highest BCUT2D eigenvalue weighted by Gasteiger charge is 1.87. The van der Waals surface area contributed by atoms with Crippen LogP contribution in [0.15, 0.2) is 119 Å². The van der Waals surface area contributed by atoms with Gasteiger partial charge in [-0.3, -0.25) is 0 Å². The third-order valence-corrected chi connectivity index (χ3v) is 4.17. The van der Waals surface area contributed by atoms with E-state index in [1.54, 1.807) is 0 Å². The van der Waals surface area contributed by atoms with Crippen molar-refractivity contribution in [3.05, 3.63) is 119 Å². The Kier molecular flexibility index (Phi) is 15.8. The lowest BCUT2D eigenvalue weighted by Crippen LogP contribution is -1.76. The van der Waals surface area contributed by atoms with E-state index in [9.17, 15) is 0 Å². The molecule has 0 unspecified atom stereocenters. The highest BCUT2D eigenvalue weighted by atomic mass is 13.9. The molecule has 0 spiro atoms. The van der Waals surface area contributed by atoms with Gasteiger partial charge in [-0.05, 0) is 68.2 Å². The van der Waals surface area contributed by atoms with E-state index in [0.29, 0.717) is 0 Å². The summed E-state index contributed by atoms with van der Waals surface area (Å²) < 4.78 is 0. The minimum absolute atomic E-state index is 1.12. The summed E-state index contributed by atoms with van der Waals surface area (Å²) in [7, 11) is 0. The normalized spacial score (nSPS) is 14.5. The average Bonchev–Trinajstić information content (AvgIpc) is 2.64. The number of hydrogen-bond donors (Lipinski definition) is 0. The second kappa shape index (κ2) is 17.3. The number of hydrogen-bond acceptors (Lipinski definition) is 0. The zero-order chi connectivity index (χ0) is 22.8. The van der Waals surface area contributed by atoms with Gasteiger partial charge in [-0.2, -0.15) is 0 Å². The molecule has 0 atom stereocenters. The summed E-state index contributed by atoms with van der Waals surface area (Å²) in [4.78, 5) is 0. The summed E-state index contributed by atoms with van der Waals surface area (Å²) in [6, 6.07) is 0. The molecule has 0 aromatic rings. The van der Waals surface area contributed by atoms with Gasteiger partial charge in [0.25, 0.3) is 0 Å². The van der Waals surface area contributed by atoms with Gasteiger partial charge in [0.05, 0.1) is 0 Å². The largest absolute Gasteiger partial charge is 0.0856 e. The number of rotatable bonds is 11. The molecule has 0 radical (unpaired) electrons. The Balaban J connectivity index is 4.59. The van der Waals surface area contributed by atoms with Crippen LogP contribution in [0, 0.1) is 0 Å². The van der Waals surface area contributed by atoms with Crippen LogP contribution in [0.2, 0.25) is 0 Å². The van der Waals surface area contributed by atoms with Crippen LogP contribution in [-0.4, -0.2) is 0 Å². The maximum Gasteiger partial charge on any atom is -0.0285 e. The van der Waals surface area contributed by atoms with Crippen LogP contribution < -0.4 is 0 Å². The molecule has 30 heavy (non-hydrogen) atoms. The molecule has 0 amide bonds. The maximum absolute atomic E-state index is 2.29. The summed E-state index contributed by atoms with van der Waals surface area (Å²) in [5.74, 6) is 0. The van der Waals surface area contributed by atoms with Gasteiger partial charge in [0.15, 0.2) is 0 Å². The van der Waals surface area contributed by atoms with Crippen LogP contribution in [-0.2, 0) is 0 Å². The van der Waals surface area contributed by atoms with Crippen LogP contribution in [0.3, 0.4) is 0 Å². The van der Waals surface area contributed by atoms with Crippen LogP contribution in [0.5, 0.6) is 0 Å². The third kappa shape index (κ3) is 18.7. The second-order valence-electron chi connectivity index (χ2n) is 8.27. The fourth-order valence-electron chi connectivity index (χ4n) is 2.36. The van der Waals surface area contributed by atoms with E-state index < -0.39 is 0 Å². The molecule has 0 aromatic heterocycles. The third-order valence-electron chi connectivity index (χ3n) is 4.17. The van der Waals surface area contributed by atoms with Gasteiger partial charge in [0.1, 0.15) is 0 Å². The van der Waals surface area contributed by atoms with Crippen molar-refractivity contribution in [2.45, 2.75) is 68.2 Å². The zero-order valence-electron chi connectivity index (χ0n) is 20.5. The Labute approximate surface area is 186 Å². The van der Waals surface area contributed by atoms with Gasteiger partial charge in [0.2, 0.25) is 0 Å². The lowest BCUT2D eigenvalue weighted by molar-refractivity contribution is 0.967. The molecule has 0 fully saturated rings. The van der Waals surface area contributed by atoms with E-state index in [1.165, 1.54) is 33.4 Å². The molecule has 0 heteroatoms. The molecule has 0 bridgehead atoms. The van der Waals surface area contributed by atoms with Crippen molar-refractivity contribution in [3.8, 4) is 0 Å². The summed E-state index contributed by atoms with van der Waals surface area (Å²) in [5.41, 5.74) is 7.81. The molecule has 0 heterocycles. The Morgan fingerprint density at radius 1 is 0.467 bits per heavy atom. The summed E-state index contributed by atoms with van der Waals surface area (Å²) in [6.45, 7) is 17.0. The standard InChI is InChI=1S/C30H42/c1-25(2)15-11-19-29(7)23-13-21-27(5)17-9-10-18-28(6)22-14-24-30(8)20-12-16-26(3)4/h9-11,13-19,21-24H,12,20H2,1-8H3. The lowest BCUT2D eigenvalue weighted by atomic mass is 10.1. The highest BCUT2D eigenvalue weighted by Crippen LogP contribution is 2.07. The van der Waals surface area contributed by atoms with Crippen molar-refractivity contribution in [2.75, 3.05) is 0 Å². The minimum atomic E-state index is 1.12. The van der Waals surface area contributed by atoms with Crippen molar-refractivity contribution < 1.29 is 0 Å². The maximum atomic E-state index is 2.29. The van der Waals surface area contributed by atoms with Gasteiger partial charge in [0, 0.05) is 0 Å². The van der Waals surface area contributed by atoms with Crippen molar-refractivity contribution >= 4 is 0 Å². The van der Waals surface area contributed by atoms with E-state index in [4.69, 9.17) is 0 Å². The Morgan fingerprint density at radius 2 is 0.900 bits per heavy atom. The molecule has 162 valence electrons. The minimum Gasteiger partial charge on any atom is -0.0856 e. The molecule has 0 aliphatic heterocycles. The zero-order valence-corrected chi connectivity index (χ0v) is 20.5. The Bertz CT molecular complexity index is 798. The van der Waals surface area contributed by atoms with Crippen LogP contribution in [0.4, 0.5) is 0 Å². The summed E-state index contributed by atoms with van der Waals surface area (Å²) in [5, 5.41) is 0. The molecule has 0 saturated carbocycles. The molecule has 0 aliphatic carbocycles. The van der Waals surface area contributed by atoms with Crippen molar-refractivity contribution in [3.63, 3.8) is 0 Å². The lowest BCUT2D eigenvalue weighted by Gasteiger charge is -1.96. The average molecular weight is 403 g/mol. The summed E-state index contributed by atoms with van der Waals surface area (Å²) >= 11 is 0. The second-order valence-corrected chi connectivity index (χ2v) is 8.27. The first-order chi connectivity index (χ1) is 14.2. The molecule has 0 aromatic carbocycles. The molecule has 0 aliphatic rings. The van der Waals surface area contributed by atoms with E-state index >= 15 is 0 Å². The van der Waals surface area contributed by atoms with E-state index in [-0.39, 0.29) is 0 Å². The van der Waals surface area contributed by atoms with Gasteiger partial charge in [-0.25, -0.2) is 0 Å². The van der Waals surface area contributed by atoms with Crippen molar-refractivity contribution in [1.82, 2.24) is 0 Å². The fraction of sp³-hybridized carbons (Fsp3) is 0.333. The predicted octanol–water partition coefficient (Wildman–Crippen LogP) is 9.71. The first-order valence-corrected chi connectivity index (χ1v) is 10.9. The summed E-state index contributed by atoms with van der Waals surface area (Å²) in [6.07, 6.45) is 32.1. The molecular formula is C30H42. The Hall–Kier alpha value is -2.60. The monoisotopic (exact) mass is 402 g/mol. The smallest absolute Gasteiger partial charge is 0.0285 e. The first-order valence-electron chi connectivity index (χ1n) is 10.9. The topological polar surface area (TPSA) is 0 Å². The van der Waals surface area contributed by atoms with Gasteiger partial charge < -0.3 is 0 Å². The first kappa shape index (κ1) is 27.4. The van der Waals surface area contributed by atoms with E-state index in [1.807, 2.05) is 0 Å². The van der Waals surface area contributed by atoms with Crippen LogP contribution in [0.25, 0.3) is 0 Å². The van der Waals surface area contributed by atoms with Crippen LogP contribution >= 0.6 is 0 Å². The molecule has 0 N–H and O–H groups in total. The highest BCUT2D eigenvalue weighted by molar-refractivity contribution is 5.31. The van der Waals surface area contributed by atoms with Gasteiger partial charge in [-0.15, -0.1) is 0 Å². The molecular weight excluding hydrogens is 360 g/mol. The fourth-order valence-corrected chi connectivity index (χ4v) is 2.36. The van der Waals surface area contributed by atoms with Crippen molar-refractivity contribution in [2.24, 2.45) is 0 Å².